The van der Waals surface area contributed by atoms with E-state index in [1.807, 2.05) is 6.92 Å². The fourth-order valence-corrected chi connectivity index (χ4v) is 2.41. The summed E-state index contributed by atoms with van der Waals surface area (Å²) in [5.74, 6) is -0.658. The van der Waals surface area contributed by atoms with Crippen molar-refractivity contribution in [2.75, 3.05) is 10.8 Å². The van der Waals surface area contributed by atoms with Gasteiger partial charge in [0, 0.05) is 17.3 Å². The minimum absolute atomic E-state index is 0.174. The number of alkyl halides is 1. The lowest BCUT2D eigenvalue weighted by molar-refractivity contribution is -0.122. The molecule has 5 heteroatoms. The summed E-state index contributed by atoms with van der Waals surface area (Å²) in [4.78, 5) is 25.0. The van der Waals surface area contributed by atoms with Crippen molar-refractivity contribution in [1.29, 1.82) is 0 Å². The highest BCUT2D eigenvalue weighted by Crippen LogP contribution is 2.30. The summed E-state index contributed by atoms with van der Waals surface area (Å²) in [6, 6.07) is 5.08. The van der Waals surface area contributed by atoms with E-state index >= 15 is 0 Å². The average Bonchev–Trinajstić information content (AvgIpc) is 2.55. The number of halogens is 2. The summed E-state index contributed by atoms with van der Waals surface area (Å²) < 4.78 is 0. The van der Waals surface area contributed by atoms with E-state index in [1.54, 1.807) is 18.2 Å². The van der Waals surface area contributed by atoms with Crippen LogP contribution in [-0.4, -0.2) is 17.7 Å². The quantitative estimate of drug-likeness (QED) is 0.613. The van der Waals surface area contributed by atoms with Gasteiger partial charge in [0.15, 0.2) is 0 Å². The van der Waals surface area contributed by atoms with Crippen molar-refractivity contribution in [2.24, 2.45) is 5.92 Å². The lowest BCUT2D eigenvalue weighted by Gasteiger charge is -2.17. The predicted molar refractivity (Wildman–Crippen MR) is 67.5 cm³/mol. The second-order valence-corrected chi connectivity index (χ2v) is 4.80. The second kappa shape index (κ2) is 4.67. The highest BCUT2D eigenvalue weighted by molar-refractivity contribution is 6.31. The number of aryl methyl sites for hydroxylation is 1. The Morgan fingerprint density at radius 2 is 2.12 bits per heavy atom. The topological polar surface area (TPSA) is 37.4 Å². The standard InChI is InChI=1S/C12H11Cl2NO2/c1-7-4-9(14)2-3-10(7)15-11(16)5-8(6-13)12(15)17/h2-4,8H,5-6H2,1H3. The number of imide groups is 1. The van der Waals surface area contributed by atoms with Gasteiger partial charge in [-0.05, 0) is 30.7 Å². The van der Waals surface area contributed by atoms with Crippen LogP contribution in [-0.2, 0) is 9.59 Å². The van der Waals surface area contributed by atoms with Crippen LogP contribution in [0.3, 0.4) is 0 Å². The fraction of sp³-hybridized carbons (Fsp3) is 0.333. The molecule has 3 nitrogen and oxygen atoms in total. The van der Waals surface area contributed by atoms with Crippen molar-refractivity contribution < 1.29 is 9.59 Å². The van der Waals surface area contributed by atoms with Gasteiger partial charge in [-0.3, -0.25) is 9.59 Å². The Labute approximate surface area is 109 Å². The van der Waals surface area contributed by atoms with E-state index in [9.17, 15) is 9.59 Å². The number of carbonyl (C=O) groups excluding carboxylic acids is 2. The molecule has 1 heterocycles. The summed E-state index contributed by atoms with van der Waals surface area (Å²) in [7, 11) is 0. The molecule has 2 rings (SSSR count). The fourth-order valence-electron chi connectivity index (χ4n) is 1.94. The minimum atomic E-state index is -0.403. The third-order valence-electron chi connectivity index (χ3n) is 2.83. The van der Waals surface area contributed by atoms with Gasteiger partial charge in [0.1, 0.15) is 0 Å². The molecule has 90 valence electrons. The first kappa shape index (κ1) is 12.4. The van der Waals surface area contributed by atoms with Gasteiger partial charge in [-0.25, -0.2) is 4.90 Å². The molecule has 0 spiro atoms. The number of hydrogen-bond acceptors (Lipinski definition) is 2. The van der Waals surface area contributed by atoms with Crippen LogP contribution in [0.1, 0.15) is 12.0 Å². The third-order valence-corrected chi connectivity index (χ3v) is 3.43. The van der Waals surface area contributed by atoms with E-state index in [1.165, 1.54) is 4.90 Å². The molecular weight excluding hydrogens is 261 g/mol. The molecule has 2 amide bonds. The minimum Gasteiger partial charge on any atom is -0.274 e. The van der Waals surface area contributed by atoms with Gasteiger partial charge in [0.25, 0.3) is 0 Å². The number of amides is 2. The van der Waals surface area contributed by atoms with Crippen LogP contribution in [0.15, 0.2) is 18.2 Å². The Hall–Kier alpha value is -1.06. The molecule has 1 atom stereocenters. The third kappa shape index (κ3) is 2.17. The van der Waals surface area contributed by atoms with Crippen molar-refractivity contribution in [2.45, 2.75) is 13.3 Å². The zero-order valence-electron chi connectivity index (χ0n) is 9.24. The van der Waals surface area contributed by atoms with Gasteiger partial charge in [0.05, 0.1) is 11.6 Å². The maximum Gasteiger partial charge on any atom is 0.238 e. The Morgan fingerprint density at radius 1 is 1.41 bits per heavy atom. The Morgan fingerprint density at radius 3 is 2.65 bits per heavy atom. The summed E-state index contributed by atoms with van der Waals surface area (Å²) in [5.41, 5.74) is 1.39. The van der Waals surface area contributed by atoms with E-state index in [-0.39, 0.29) is 24.1 Å². The number of carbonyl (C=O) groups is 2. The van der Waals surface area contributed by atoms with Crippen molar-refractivity contribution in [3.8, 4) is 0 Å². The van der Waals surface area contributed by atoms with Gasteiger partial charge in [-0.2, -0.15) is 0 Å². The van der Waals surface area contributed by atoms with Crippen LogP contribution in [0.25, 0.3) is 0 Å². The predicted octanol–water partition coefficient (Wildman–Crippen LogP) is 2.77. The molecule has 1 aromatic rings. The van der Waals surface area contributed by atoms with Crippen LogP contribution in [0.4, 0.5) is 5.69 Å². The molecule has 1 aliphatic rings. The van der Waals surface area contributed by atoms with E-state index in [0.29, 0.717) is 10.7 Å². The van der Waals surface area contributed by atoms with E-state index in [2.05, 4.69) is 0 Å². The second-order valence-electron chi connectivity index (χ2n) is 4.05. The zero-order chi connectivity index (χ0) is 12.6. The summed E-state index contributed by atoms with van der Waals surface area (Å²) in [5, 5.41) is 0.583. The summed E-state index contributed by atoms with van der Waals surface area (Å²) >= 11 is 11.5. The average molecular weight is 272 g/mol. The largest absolute Gasteiger partial charge is 0.274 e. The maximum atomic E-state index is 12.0. The smallest absolute Gasteiger partial charge is 0.238 e. The molecule has 0 saturated carbocycles. The van der Waals surface area contributed by atoms with E-state index < -0.39 is 5.92 Å². The molecule has 0 radical (unpaired) electrons. The van der Waals surface area contributed by atoms with Crippen LogP contribution in [0, 0.1) is 12.8 Å². The molecule has 0 aliphatic carbocycles. The first-order chi connectivity index (χ1) is 8.04. The highest BCUT2D eigenvalue weighted by atomic mass is 35.5. The van der Waals surface area contributed by atoms with Crippen molar-refractivity contribution >= 4 is 40.7 Å². The van der Waals surface area contributed by atoms with Gasteiger partial charge in [0.2, 0.25) is 11.8 Å². The monoisotopic (exact) mass is 271 g/mol. The molecular formula is C12H11Cl2NO2. The van der Waals surface area contributed by atoms with E-state index in [4.69, 9.17) is 23.2 Å². The van der Waals surface area contributed by atoms with Gasteiger partial charge < -0.3 is 0 Å². The van der Waals surface area contributed by atoms with E-state index in [0.717, 1.165) is 5.56 Å². The Kier molecular flexibility index (Phi) is 3.40. The molecule has 17 heavy (non-hydrogen) atoms. The number of benzene rings is 1. The first-order valence-corrected chi connectivity index (χ1v) is 6.14. The van der Waals surface area contributed by atoms with Gasteiger partial charge in [-0.1, -0.05) is 11.6 Å². The normalized spacial score (nSPS) is 20.2. The summed E-state index contributed by atoms with van der Waals surface area (Å²) in [6.45, 7) is 1.82. The molecule has 1 unspecified atom stereocenters. The highest BCUT2D eigenvalue weighted by Gasteiger charge is 2.39. The van der Waals surface area contributed by atoms with Crippen LogP contribution in [0.5, 0.6) is 0 Å². The molecule has 1 aliphatic heterocycles. The molecule has 1 saturated heterocycles. The Balaban J connectivity index is 2.40. The molecule has 0 bridgehead atoms. The van der Waals surface area contributed by atoms with Gasteiger partial charge >= 0.3 is 0 Å². The lowest BCUT2D eigenvalue weighted by atomic mass is 10.1. The van der Waals surface area contributed by atoms with Crippen molar-refractivity contribution in [1.82, 2.24) is 0 Å². The zero-order valence-corrected chi connectivity index (χ0v) is 10.8. The number of nitrogens with zero attached hydrogens (tertiary/aromatic N) is 1. The Bertz CT molecular complexity index is 487. The molecule has 0 aromatic heterocycles. The summed E-state index contributed by atoms with van der Waals surface area (Å²) in [6.07, 6.45) is 0.185. The van der Waals surface area contributed by atoms with Crippen LogP contribution >= 0.6 is 23.2 Å². The number of hydrogen-bond donors (Lipinski definition) is 0. The number of anilines is 1. The van der Waals surface area contributed by atoms with Gasteiger partial charge in [-0.15, -0.1) is 11.6 Å². The lowest BCUT2D eigenvalue weighted by Crippen LogP contribution is -2.31. The van der Waals surface area contributed by atoms with Crippen molar-refractivity contribution in [3.05, 3.63) is 28.8 Å². The molecule has 0 N–H and O–H groups in total. The first-order valence-electron chi connectivity index (χ1n) is 5.23. The molecule has 1 fully saturated rings. The maximum absolute atomic E-state index is 12.0. The van der Waals surface area contributed by atoms with Crippen LogP contribution < -0.4 is 4.90 Å². The molecule has 1 aromatic carbocycles. The SMILES string of the molecule is Cc1cc(Cl)ccc1N1C(=O)CC(CCl)C1=O. The number of rotatable bonds is 2. The van der Waals surface area contributed by atoms with Crippen LogP contribution in [0.2, 0.25) is 5.02 Å². The van der Waals surface area contributed by atoms with Crippen molar-refractivity contribution in [3.63, 3.8) is 0 Å².